The molecule has 0 bridgehead atoms. The van der Waals surface area contributed by atoms with E-state index in [9.17, 15) is 4.79 Å². The van der Waals surface area contributed by atoms with E-state index < -0.39 is 0 Å². The maximum atomic E-state index is 12.2. The smallest absolute Gasteiger partial charge is 0.241 e. The summed E-state index contributed by atoms with van der Waals surface area (Å²) in [4.78, 5) is 12.2. The van der Waals surface area contributed by atoms with Crippen molar-refractivity contribution >= 4 is 11.6 Å². The van der Waals surface area contributed by atoms with Crippen LogP contribution in [0.4, 0.5) is 5.69 Å². The molecule has 5 heteroatoms. The number of nitrogens with two attached hydrogens (primary N) is 1. The highest BCUT2D eigenvalue weighted by molar-refractivity contribution is 5.76. The average Bonchev–Trinajstić information content (AvgIpc) is 2.55. The van der Waals surface area contributed by atoms with Gasteiger partial charge in [-0.3, -0.25) is 9.48 Å². The number of amides is 1. The third-order valence-corrected chi connectivity index (χ3v) is 4.30. The Morgan fingerprint density at radius 2 is 2.20 bits per heavy atom. The molecular weight excluding hydrogens is 252 g/mol. The number of hydrogen-bond acceptors (Lipinski definition) is 3. The molecule has 1 aliphatic rings. The van der Waals surface area contributed by atoms with Crippen LogP contribution in [0.1, 0.15) is 50.9 Å². The van der Waals surface area contributed by atoms with Crippen LogP contribution in [0.3, 0.4) is 0 Å². The Morgan fingerprint density at radius 1 is 1.50 bits per heavy atom. The maximum Gasteiger partial charge on any atom is 0.241 e. The van der Waals surface area contributed by atoms with Gasteiger partial charge in [0.15, 0.2) is 0 Å². The first kappa shape index (κ1) is 14.9. The highest BCUT2D eigenvalue weighted by Gasteiger charge is 2.28. The van der Waals surface area contributed by atoms with Crippen molar-refractivity contribution in [3.05, 3.63) is 11.4 Å². The zero-order valence-corrected chi connectivity index (χ0v) is 13.0. The topological polar surface area (TPSA) is 72.9 Å². The van der Waals surface area contributed by atoms with E-state index in [0.29, 0.717) is 17.1 Å². The second-order valence-electron chi connectivity index (χ2n) is 6.77. The zero-order valence-electron chi connectivity index (χ0n) is 13.0. The van der Waals surface area contributed by atoms with Crippen molar-refractivity contribution in [3.8, 4) is 0 Å². The van der Waals surface area contributed by atoms with Gasteiger partial charge < -0.3 is 11.1 Å². The van der Waals surface area contributed by atoms with Crippen molar-refractivity contribution in [1.29, 1.82) is 0 Å². The highest BCUT2D eigenvalue weighted by Crippen LogP contribution is 2.35. The Bertz CT molecular complexity index is 504. The van der Waals surface area contributed by atoms with Crippen molar-refractivity contribution in [2.75, 3.05) is 5.73 Å². The molecule has 0 aliphatic heterocycles. The molecule has 0 aromatic carbocycles. The van der Waals surface area contributed by atoms with E-state index in [0.717, 1.165) is 24.2 Å². The quantitative estimate of drug-likeness (QED) is 0.890. The van der Waals surface area contributed by atoms with Gasteiger partial charge in [0.1, 0.15) is 6.54 Å². The molecule has 1 fully saturated rings. The summed E-state index contributed by atoms with van der Waals surface area (Å²) in [6, 6.07) is 0.292. The first-order chi connectivity index (χ1) is 9.28. The SMILES string of the molecule is Cc1nn(CC(=O)NC2CCCC(C)(C)C2)c(C)c1N. The van der Waals surface area contributed by atoms with Crippen molar-refractivity contribution in [1.82, 2.24) is 15.1 Å². The molecular formula is C15H26N4O. The standard InChI is InChI=1S/C15H26N4O/c1-10-14(16)11(2)19(18-10)9-13(20)17-12-6-5-7-15(3,4)8-12/h12H,5-9,16H2,1-4H3,(H,17,20). The molecule has 1 aromatic rings. The molecule has 1 aliphatic carbocycles. The molecule has 1 unspecified atom stereocenters. The van der Waals surface area contributed by atoms with Gasteiger partial charge in [0.05, 0.1) is 17.1 Å². The lowest BCUT2D eigenvalue weighted by Gasteiger charge is -2.35. The van der Waals surface area contributed by atoms with E-state index in [2.05, 4.69) is 24.3 Å². The lowest BCUT2D eigenvalue weighted by molar-refractivity contribution is -0.123. The monoisotopic (exact) mass is 278 g/mol. The van der Waals surface area contributed by atoms with Crippen LogP contribution >= 0.6 is 0 Å². The normalized spacial score (nSPS) is 21.7. The largest absolute Gasteiger partial charge is 0.396 e. The third kappa shape index (κ3) is 3.32. The van der Waals surface area contributed by atoms with Gasteiger partial charge in [-0.1, -0.05) is 20.3 Å². The van der Waals surface area contributed by atoms with Crippen LogP contribution in [0.5, 0.6) is 0 Å². The minimum Gasteiger partial charge on any atom is -0.396 e. The molecule has 1 heterocycles. The molecule has 1 aromatic heterocycles. The fourth-order valence-corrected chi connectivity index (χ4v) is 3.10. The molecule has 1 saturated carbocycles. The van der Waals surface area contributed by atoms with E-state index in [1.54, 1.807) is 4.68 Å². The van der Waals surface area contributed by atoms with Crippen LogP contribution in [0, 0.1) is 19.3 Å². The van der Waals surface area contributed by atoms with E-state index >= 15 is 0 Å². The highest BCUT2D eigenvalue weighted by atomic mass is 16.2. The predicted octanol–water partition coefficient (Wildman–Crippen LogP) is 2.17. The number of nitrogen functional groups attached to an aromatic ring is 1. The number of rotatable bonds is 3. The van der Waals surface area contributed by atoms with Crippen molar-refractivity contribution < 1.29 is 4.79 Å². The number of nitrogens with zero attached hydrogens (tertiary/aromatic N) is 2. The van der Waals surface area contributed by atoms with Gasteiger partial charge in [0.2, 0.25) is 5.91 Å². The number of aromatic nitrogens is 2. The summed E-state index contributed by atoms with van der Waals surface area (Å²) in [6.45, 7) is 8.55. The summed E-state index contributed by atoms with van der Waals surface area (Å²) in [5, 5.41) is 7.44. The Morgan fingerprint density at radius 3 is 2.75 bits per heavy atom. The molecule has 20 heavy (non-hydrogen) atoms. The van der Waals surface area contributed by atoms with Crippen LogP contribution in [0.25, 0.3) is 0 Å². The fourth-order valence-electron chi connectivity index (χ4n) is 3.10. The first-order valence-electron chi connectivity index (χ1n) is 7.37. The summed E-state index contributed by atoms with van der Waals surface area (Å²) < 4.78 is 1.69. The fraction of sp³-hybridized carbons (Fsp3) is 0.733. The summed E-state index contributed by atoms with van der Waals surface area (Å²) in [5.41, 5.74) is 8.54. The van der Waals surface area contributed by atoms with Gasteiger partial charge in [0, 0.05) is 6.04 Å². The van der Waals surface area contributed by atoms with E-state index in [1.807, 2.05) is 13.8 Å². The lowest BCUT2D eigenvalue weighted by Crippen LogP contribution is -2.42. The summed E-state index contributed by atoms with van der Waals surface area (Å²) >= 11 is 0. The Kier molecular flexibility index (Phi) is 4.06. The van der Waals surface area contributed by atoms with Gasteiger partial charge in [-0.25, -0.2) is 0 Å². The summed E-state index contributed by atoms with van der Waals surface area (Å²) in [7, 11) is 0. The Hall–Kier alpha value is -1.52. The molecule has 1 atom stereocenters. The molecule has 0 saturated heterocycles. The van der Waals surface area contributed by atoms with E-state index in [1.165, 1.54) is 12.8 Å². The molecule has 112 valence electrons. The summed E-state index contributed by atoms with van der Waals surface area (Å²) in [5.74, 6) is 0.0262. The first-order valence-corrected chi connectivity index (χ1v) is 7.37. The van der Waals surface area contributed by atoms with Gasteiger partial charge in [0.25, 0.3) is 0 Å². The molecule has 3 N–H and O–H groups in total. The second-order valence-corrected chi connectivity index (χ2v) is 6.77. The number of hydrogen-bond donors (Lipinski definition) is 2. The lowest BCUT2D eigenvalue weighted by atomic mass is 9.75. The Balaban J connectivity index is 1.94. The van der Waals surface area contributed by atoms with Crippen LogP contribution in [-0.2, 0) is 11.3 Å². The van der Waals surface area contributed by atoms with Crippen LogP contribution in [0.15, 0.2) is 0 Å². The second kappa shape index (κ2) is 5.46. The van der Waals surface area contributed by atoms with Gasteiger partial charge in [-0.15, -0.1) is 0 Å². The van der Waals surface area contributed by atoms with Crippen molar-refractivity contribution in [3.63, 3.8) is 0 Å². The maximum absolute atomic E-state index is 12.2. The predicted molar refractivity (Wildman–Crippen MR) is 80.3 cm³/mol. The number of aryl methyl sites for hydroxylation is 1. The third-order valence-electron chi connectivity index (χ3n) is 4.30. The van der Waals surface area contributed by atoms with E-state index in [4.69, 9.17) is 5.73 Å². The minimum atomic E-state index is 0.0262. The Labute approximate surface area is 120 Å². The van der Waals surface area contributed by atoms with Gasteiger partial charge >= 0.3 is 0 Å². The number of carbonyl (C=O) groups excluding carboxylic acids is 1. The number of anilines is 1. The molecule has 2 rings (SSSR count). The molecule has 5 nitrogen and oxygen atoms in total. The molecule has 0 radical (unpaired) electrons. The van der Waals surface area contributed by atoms with Crippen LogP contribution in [-0.4, -0.2) is 21.7 Å². The van der Waals surface area contributed by atoms with Gasteiger partial charge in [-0.2, -0.15) is 5.10 Å². The summed E-state index contributed by atoms with van der Waals surface area (Å²) in [6.07, 6.45) is 4.56. The van der Waals surface area contributed by atoms with E-state index in [-0.39, 0.29) is 12.5 Å². The van der Waals surface area contributed by atoms with Crippen LogP contribution < -0.4 is 11.1 Å². The zero-order chi connectivity index (χ0) is 14.9. The molecule has 1 amide bonds. The number of carbonyl (C=O) groups is 1. The van der Waals surface area contributed by atoms with Crippen LogP contribution in [0.2, 0.25) is 0 Å². The van der Waals surface area contributed by atoms with Crippen molar-refractivity contribution in [2.24, 2.45) is 5.41 Å². The van der Waals surface area contributed by atoms with Gasteiger partial charge in [-0.05, 0) is 38.5 Å². The molecule has 0 spiro atoms. The average molecular weight is 278 g/mol. The minimum absolute atomic E-state index is 0.0262. The number of nitrogens with one attached hydrogen (secondary N) is 1. The van der Waals surface area contributed by atoms with Crippen molar-refractivity contribution in [2.45, 2.75) is 66.0 Å².